The molecule has 0 aromatic rings. The summed E-state index contributed by atoms with van der Waals surface area (Å²) in [6, 6.07) is 0.745. The van der Waals surface area contributed by atoms with Gasteiger partial charge in [-0.05, 0) is 20.3 Å². The van der Waals surface area contributed by atoms with E-state index in [0.717, 1.165) is 19.5 Å². The number of amides is 1. The summed E-state index contributed by atoms with van der Waals surface area (Å²) >= 11 is 0. The highest BCUT2D eigenvalue weighted by molar-refractivity contribution is 5.76. The third kappa shape index (κ3) is 3.46. The number of rotatable bonds is 5. The lowest BCUT2D eigenvalue weighted by molar-refractivity contribution is -0.129. The Balaban J connectivity index is 2.33. The quantitative estimate of drug-likeness (QED) is 0.763. The van der Waals surface area contributed by atoms with E-state index in [1.807, 2.05) is 11.8 Å². The number of methoxy groups -OCH3 is 1. The van der Waals surface area contributed by atoms with E-state index in [2.05, 4.69) is 19.2 Å². The Morgan fingerprint density at radius 1 is 1.56 bits per heavy atom. The molecule has 3 unspecified atom stereocenters. The zero-order valence-electron chi connectivity index (χ0n) is 10.8. The van der Waals surface area contributed by atoms with Crippen molar-refractivity contribution in [3.8, 4) is 0 Å². The molecule has 0 saturated carbocycles. The number of carbonyl (C=O) groups excluding carboxylic acids is 1. The van der Waals surface area contributed by atoms with Crippen molar-refractivity contribution in [1.29, 1.82) is 0 Å². The SMILES string of the molecule is CCC(=O)N1CCC(NC(C)C(C)OC)C1. The summed E-state index contributed by atoms with van der Waals surface area (Å²) in [5.41, 5.74) is 0. The van der Waals surface area contributed by atoms with Crippen molar-refractivity contribution in [1.82, 2.24) is 10.2 Å². The maximum atomic E-state index is 11.5. The maximum Gasteiger partial charge on any atom is 0.222 e. The van der Waals surface area contributed by atoms with Crippen molar-refractivity contribution in [2.24, 2.45) is 0 Å². The van der Waals surface area contributed by atoms with E-state index in [4.69, 9.17) is 4.74 Å². The van der Waals surface area contributed by atoms with Crippen LogP contribution in [0.25, 0.3) is 0 Å². The number of ether oxygens (including phenoxy) is 1. The van der Waals surface area contributed by atoms with Gasteiger partial charge in [-0.15, -0.1) is 0 Å². The highest BCUT2D eigenvalue weighted by Crippen LogP contribution is 2.12. The van der Waals surface area contributed by atoms with Crippen LogP contribution in [0.4, 0.5) is 0 Å². The van der Waals surface area contributed by atoms with Crippen LogP contribution in [0.5, 0.6) is 0 Å². The molecule has 1 heterocycles. The summed E-state index contributed by atoms with van der Waals surface area (Å²) in [4.78, 5) is 13.5. The van der Waals surface area contributed by atoms with Gasteiger partial charge in [-0.25, -0.2) is 0 Å². The zero-order chi connectivity index (χ0) is 12.1. The van der Waals surface area contributed by atoms with Crippen LogP contribution in [0, 0.1) is 0 Å². The summed E-state index contributed by atoms with van der Waals surface area (Å²) < 4.78 is 5.27. The van der Waals surface area contributed by atoms with Gasteiger partial charge in [-0.2, -0.15) is 0 Å². The molecule has 16 heavy (non-hydrogen) atoms. The number of hydrogen-bond donors (Lipinski definition) is 1. The minimum atomic E-state index is 0.205. The van der Waals surface area contributed by atoms with E-state index in [-0.39, 0.29) is 12.0 Å². The Hall–Kier alpha value is -0.610. The second-order valence-corrected chi connectivity index (χ2v) is 4.58. The second kappa shape index (κ2) is 6.21. The van der Waals surface area contributed by atoms with Crippen LogP contribution in [0.1, 0.15) is 33.6 Å². The minimum absolute atomic E-state index is 0.205. The van der Waals surface area contributed by atoms with E-state index in [1.165, 1.54) is 0 Å². The van der Waals surface area contributed by atoms with Gasteiger partial charge in [0.25, 0.3) is 0 Å². The van der Waals surface area contributed by atoms with Crippen molar-refractivity contribution in [2.75, 3.05) is 20.2 Å². The molecule has 1 N–H and O–H groups in total. The number of nitrogens with one attached hydrogen (secondary N) is 1. The van der Waals surface area contributed by atoms with Gasteiger partial charge in [0, 0.05) is 38.7 Å². The molecule has 0 aliphatic carbocycles. The van der Waals surface area contributed by atoms with E-state index in [0.29, 0.717) is 18.5 Å². The van der Waals surface area contributed by atoms with Crippen LogP contribution in [0.2, 0.25) is 0 Å². The summed E-state index contributed by atoms with van der Waals surface area (Å²) in [6.07, 6.45) is 1.86. The first-order chi connectivity index (χ1) is 7.58. The van der Waals surface area contributed by atoms with Crippen LogP contribution in [-0.4, -0.2) is 49.2 Å². The molecule has 0 aromatic heterocycles. The Morgan fingerprint density at radius 3 is 2.81 bits per heavy atom. The smallest absolute Gasteiger partial charge is 0.222 e. The van der Waals surface area contributed by atoms with E-state index in [1.54, 1.807) is 7.11 Å². The molecule has 0 spiro atoms. The highest BCUT2D eigenvalue weighted by Gasteiger charge is 2.26. The monoisotopic (exact) mass is 228 g/mol. The predicted octanol–water partition coefficient (Wildman–Crippen LogP) is 1.01. The first-order valence-electron chi connectivity index (χ1n) is 6.15. The normalized spacial score (nSPS) is 24.5. The predicted molar refractivity (Wildman–Crippen MR) is 64.3 cm³/mol. The maximum absolute atomic E-state index is 11.5. The van der Waals surface area contributed by atoms with Crippen LogP contribution in [0.3, 0.4) is 0 Å². The van der Waals surface area contributed by atoms with Gasteiger partial charge in [0.1, 0.15) is 0 Å². The van der Waals surface area contributed by atoms with E-state index < -0.39 is 0 Å². The fraction of sp³-hybridized carbons (Fsp3) is 0.917. The molecule has 0 aromatic carbocycles. The fourth-order valence-corrected chi connectivity index (χ4v) is 2.06. The van der Waals surface area contributed by atoms with Gasteiger partial charge in [0.15, 0.2) is 0 Å². The summed E-state index contributed by atoms with van der Waals surface area (Å²) in [5.74, 6) is 0.261. The lowest BCUT2D eigenvalue weighted by Gasteiger charge is -2.24. The largest absolute Gasteiger partial charge is 0.380 e. The minimum Gasteiger partial charge on any atom is -0.380 e. The molecule has 0 bridgehead atoms. The van der Waals surface area contributed by atoms with E-state index >= 15 is 0 Å². The Bertz CT molecular complexity index is 233. The van der Waals surface area contributed by atoms with Crippen molar-refractivity contribution < 1.29 is 9.53 Å². The van der Waals surface area contributed by atoms with Crippen molar-refractivity contribution in [2.45, 2.75) is 51.8 Å². The molecule has 3 atom stereocenters. The van der Waals surface area contributed by atoms with Crippen LogP contribution in [0.15, 0.2) is 0 Å². The first kappa shape index (κ1) is 13.5. The molecule has 1 aliphatic rings. The molecule has 4 nitrogen and oxygen atoms in total. The fourth-order valence-electron chi connectivity index (χ4n) is 2.06. The van der Waals surface area contributed by atoms with Crippen LogP contribution < -0.4 is 5.32 Å². The average Bonchev–Trinajstić information content (AvgIpc) is 2.75. The molecule has 4 heteroatoms. The number of carbonyl (C=O) groups is 1. The van der Waals surface area contributed by atoms with Crippen LogP contribution >= 0.6 is 0 Å². The third-order valence-electron chi connectivity index (χ3n) is 3.42. The highest BCUT2D eigenvalue weighted by atomic mass is 16.5. The lowest BCUT2D eigenvalue weighted by atomic mass is 10.1. The lowest BCUT2D eigenvalue weighted by Crippen LogP contribution is -2.44. The van der Waals surface area contributed by atoms with Crippen molar-refractivity contribution in [3.05, 3.63) is 0 Å². The Morgan fingerprint density at radius 2 is 2.25 bits per heavy atom. The Labute approximate surface area is 98.3 Å². The molecule has 1 saturated heterocycles. The van der Waals surface area contributed by atoms with Crippen molar-refractivity contribution in [3.63, 3.8) is 0 Å². The molecule has 0 radical (unpaired) electrons. The number of nitrogens with zero attached hydrogens (tertiary/aromatic N) is 1. The first-order valence-corrected chi connectivity index (χ1v) is 6.15. The van der Waals surface area contributed by atoms with Gasteiger partial charge >= 0.3 is 0 Å². The topological polar surface area (TPSA) is 41.6 Å². The Kier molecular flexibility index (Phi) is 5.22. The van der Waals surface area contributed by atoms with Gasteiger partial charge in [0.05, 0.1) is 6.10 Å². The average molecular weight is 228 g/mol. The molecule has 1 aliphatic heterocycles. The number of hydrogen-bond acceptors (Lipinski definition) is 3. The summed E-state index contributed by atoms with van der Waals surface area (Å²) in [5, 5.41) is 3.52. The van der Waals surface area contributed by atoms with Gasteiger partial charge < -0.3 is 15.0 Å². The molecular formula is C12H24N2O2. The zero-order valence-corrected chi connectivity index (χ0v) is 10.8. The van der Waals surface area contributed by atoms with Gasteiger partial charge in [-0.3, -0.25) is 4.79 Å². The van der Waals surface area contributed by atoms with Gasteiger partial charge in [0.2, 0.25) is 5.91 Å². The number of likely N-dealkylation sites (tertiary alicyclic amines) is 1. The molecule has 1 fully saturated rings. The van der Waals surface area contributed by atoms with E-state index in [9.17, 15) is 4.79 Å². The summed E-state index contributed by atoms with van der Waals surface area (Å²) in [7, 11) is 1.73. The van der Waals surface area contributed by atoms with Gasteiger partial charge in [-0.1, -0.05) is 6.92 Å². The second-order valence-electron chi connectivity index (χ2n) is 4.58. The summed E-state index contributed by atoms with van der Waals surface area (Å²) in [6.45, 7) is 7.82. The molecule has 1 amide bonds. The molecular weight excluding hydrogens is 204 g/mol. The van der Waals surface area contributed by atoms with Crippen molar-refractivity contribution >= 4 is 5.91 Å². The standard InChI is InChI=1S/C12H24N2O2/c1-5-12(15)14-7-6-11(8-14)13-9(2)10(3)16-4/h9-11,13H,5-8H2,1-4H3. The molecule has 1 rings (SSSR count). The third-order valence-corrected chi connectivity index (χ3v) is 3.42. The molecule has 94 valence electrons. The van der Waals surface area contributed by atoms with Crippen LogP contribution in [-0.2, 0) is 9.53 Å².